The lowest BCUT2D eigenvalue weighted by Gasteiger charge is -2.27. The molecule has 4 heteroatoms. The second-order valence-electron chi connectivity index (χ2n) is 2.81. The van der Waals surface area contributed by atoms with E-state index in [2.05, 4.69) is 10.4 Å². The van der Waals surface area contributed by atoms with Crippen molar-refractivity contribution in [1.82, 2.24) is 10.4 Å². The Kier molecular flexibility index (Phi) is 3.79. The average Bonchev–Trinajstić information content (AvgIpc) is 2.03. The lowest BCUT2D eigenvalue weighted by atomic mass is 10.4. The maximum atomic E-state index is 8.96. The van der Waals surface area contributed by atoms with Gasteiger partial charge in [0.05, 0.1) is 19.3 Å². The summed E-state index contributed by atoms with van der Waals surface area (Å²) in [4.78, 5) is 0. The molecule has 11 heavy (non-hydrogen) atoms. The number of morpholine rings is 1. The molecule has 4 nitrogen and oxygen atoms in total. The maximum Gasteiger partial charge on any atom is 0.0650 e. The van der Waals surface area contributed by atoms with Crippen LogP contribution in [0, 0.1) is 0 Å². The lowest BCUT2D eigenvalue weighted by molar-refractivity contribution is 0.00461. The van der Waals surface area contributed by atoms with Crippen molar-refractivity contribution < 1.29 is 9.84 Å². The zero-order valence-electron chi connectivity index (χ0n) is 6.92. The molecule has 1 rings (SSSR count). The normalized spacial score (nSPS) is 23.5. The van der Waals surface area contributed by atoms with Gasteiger partial charge in [-0.1, -0.05) is 0 Å². The highest BCUT2D eigenvalue weighted by molar-refractivity contribution is 4.58. The predicted octanol–water partition coefficient (Wildman–Crippen LogP) is -0.796. The van der Waals surface area contributed by atoms with E-state index in [1.54, 1.807) is 6.92 Å². The van der Waals surface area contributed by atoms with Gasteiger partial charge in [-0.3, -0.25) is 5.43 Å². The smallest absolute Gasteiger partial charge is 0.0650 e. The molecule has 0 amide bonds. The van der Waals surface area contributed by atoms with Crippen LogP contribution in [0.4, 0.5) is 0 Å². The fourth-order valence-corrected chi connectivity index (χ4v) is 0.983. The molecule has 0 bridgehead atoms. The van der Waals surface area contributed by atoms with Crippen molar-refractivity contribution in [2.24, 2.45) is 0 Å². The first-order valence-corrected chi connectivity index (χ1v) is 4.03. The molecule has 1 unspecified atom stereocenters. The number of aliphatic hydroxyl groups excluding tert-OH is 1. The van der Waals surface area contributed by atoms with Crippen LogP contribution in [0.3, 0.4) is 0 Å². The number of ether oxygens (including phenoxy) is 1. The third kappa shape index (κ3) is 3.67. The third-order valence-electron chi connectivity index (χ3n) is 1.62. The van der Waals surface area contributed by atoms with Crippen molar-refractivity contribution in [2.45, 2.75) is 13.0 Å². The Morgan fingerprint density at radius 1 is 1.55 bits per heavy atom. The molecule has 2 N–H and O–H groups in total. The van der Waals surface area contributed by atoms with E-state index in [1.165, 1.54) is 0 Å². The number of aliphatic hydroxyl groups is 1. The van der Waals surface area contributed by atoms with Gasteiger partial charge in [0.2, 0.25) is 0 Å². The van der Waals surface area contributed by atoms with Gasteiger partial charge < -0.3 is 9.84 Å². The van der Waals surface area contributed by atoms with E-state index >= 15 is 0 Å². The summed E-state index contributed by atoms with van der Waals surface area (Å²) in [5.41, 5.74) is 3.12. The van der Waals surface area contributed by atoms with Gasteiger partial charge in [-0.2, -0.15) is 0 Å². The van der Waals surface area contributed by atoms with Crippen LogP contribution >= 0.6 is 0 Å². The zero-order valence-corrected chi connectivity index (χ0v) is 6.92. The van der Waals surface area contributed by atoms with Crippen LogP contribution in [0.5, 0.6) is 0 Å². The number of hydrogen-bond acceptors (Lipinski definition) is 4. The van der Waals surface area contributed by atoms with Crippen LogP contribution in [0.1, 0.15) is 6.92 Å². The van der Waals surface area contributed by atoms with Gasteiger partial charge in [0.25, 0.3) is 0 Å². The van der Waals surface area contributed by atoms with Crippen molar-refractivity contribution in [1.29, 1.82) is 0 Å². The summed E-state index contributed by atoms with van der Waals surface area (Å²) in [5.74, 6) is 0. The topological polar surface area (TPSA) is 44.7 Å². The molecule has 0 aliphatic carbocycles. The first-order valence-electron chi connectivity index (χ1n) is 4.03. The van der Waals surface area contributed by atoms with Gasteiger partial charge in [-0.25, -0.2) is 5.01 Å². The molecule has 0 aromatic rings. The Bertz CT molecular complexity index is 103. The molecule has 0 saturated carbocycles. The summed E-state index contributed by atoms with van der Waals surface area (Å²) in [6.07, 6.45) is -0.280. The van der Waals surface area contributed by atoms with E-state index in [1.807, 2.05) is 0 Å². The van der Waals surface area contributed by atoms with E-state index in [4.69, 9.17) is 9.84 Å². The largest absolute Gasteiger partial charge is 0.392 e. The molecule has 1 aliphatic heterocycles. The molecular weight excluding hydrogens is 144 g/mol. The molecule has 0 aromatic carbocycles. The van der Waals surface area contributed by atoms with Crippen molar-refractivity contribution in [3.63, 3.8) is 0 Å². The van der Waals surface area contributed by atoms with Gasteiger partial charge in [-0.15, -0.1) is 0 Å². The number of hydrogen-bond donors (Lipinski definition) is 2. The molecule has 0 radical (unpaired) electrons. The monoisotopic (exact) mass is 160 g/mol. The van der Waals surface area contributed by atoms with Crippen molar-refractivity contribution in [3.8, 4) is 0 Å². The van der Waals surface area contributed by atoms with E-state index in [-0.39, 0.29) is 6.10 Å². The average molecular weight is 160 g/mol. The maximum absolute atomic E-state index is 8.96. The van der Waals surface area contributed by atoms with Crippen molar-refractivity contribution >= 4 is 0 Å². The summed E-state index contributed by atoms with van der Waals surface area (Å²) in [6.45, 7) is 5.78. The minimum atomic E-state index is -0.280. The summed E-state index contributed by atoms with van der Waals surface area (Å²) in [6, 6.07) is 0. The number of rotatable bonds is 3. The Morgan fingerprint density at radius 3 is 2.73 bits per heavy atom. The molecule has 0 spiro atoms. The second-order valence-corrected chi connectivity index (χ2v) is 2.81. The van der Waals surface area contributed by atoms with Gasteiger partial charge in [0.1, 0.15) is 0 Å². The summed E-state index contributed by atoms with van der Waals surface area (Å²) >= 11 is 0. The van der Waals surface area contributed by atoms with Crippen molar-refractivity contribution in [3.05, 3.63) is 0 Å². The molecule has 1 saturated heterocycles. The molecular formula is C7H16N2O2. The Morgan fingerprint density at radius 2 is 2.18 bits per heavy atom. The molecule has 1 aliphatic rings. The third-order valence-corrected chi connectivity index (χ3v) is 1.62. The Labute approximate surface area is 67.1 Å². The van der Waals surface area contributed by atoms with E-state index in [9.17, 15) is 0 Å². The summed E-state index contributed by atoms with van der Waals surface area (Å²) < 4.78 is 5.16. The van der Waals surface area contributed by atoms with Crippen LogP contribution in [-0.2, 0) is 4.74 Å². The van der Waals surface area contributed by atoms with Crippen LogP contribution < -0.4 is 5.43 Å². The Hall–Kier alpha value is -0.160. The fraction of sp³-hybridized carbons (Fsp3) is 1.00. The first-order chi connectivity index (χ1) is 5.29. The van der Waals surface area contributed by atoms with E-state index < -0.39 is 0 Å². The standard InChI is InChI=1S/C7H16N2O2/c1-7(10)6-8-9-2-4-11-5-3-9/h7-8,10H,2-6H2,1H3. The number of nitrogens with zero attached hydrogens (tertiary/aromatic N) is 1. The SMILES string of the molecule is CC(O)CNN1CCOCC1. The van der Waals surface area contributed by atoms with E-state index in [0.717, 1.165) is 26.3 Å². The molecule has 1 fully saturated rings. The molecule has 66 valence electrons. The summed E-state index contributed by atoms with van der Waals surface area (Å²) in [7, 11) is 0. The molecule has 1 atom stereocenters. The minimum absolute atomic E-state index is 0.280. The van der Waals surface area contributed by atoms with Gasteiger partial charge in [0, 0.05) is 19.6 Å². The van der Waals surface area contributed by atoms with Crippen LogP contribution in [-0.4, -0.2) is 49.1 Å². The summed E-state index contributed by atoms with van der Waals surface area (Å²) in [5, 5.41) is 11.0. The van der Waals surface area contributed by atoms with Crippen molar-refractivity contribution in [2.75, 3.05) is 32.8 Å². The predicted molar refractivity (Wildman–Crippen MR) is 42.1 cm³/mol. The van der Waals surface area contributed by atoms with Gasteiger partial charge >= 0.3 is 0 Å². The van der Waals surface area contributed by atoms with Gasteiger partial charge in [0.15, 0.2) is 0 Å². The molecule has 1 heterocycles. The van der Waals surface area contributed by atoms with E-state index in [0.29, 0.717) is 6.54 Å². The highest BCUT2D eigenvalue weighted by atomic mass is 16.5. The van der Waals surface area contributed by atoms with Crippen LogP contribution in [0.2, 0.25) is 0 Å². The fourth-order valence-electron chi connectivity index (χ4n) is 0.983. The quantitative estimate of drug-likeness (QED) is 0.567. The van der Waals surface area contributed by atoms with Crippen LogP contribution in [0.15, 0.2) is 0 Å². The number of hydrazine groups is 1. The highest BCUT2D eigenvalue weighted by Gasteiger charge is 2.09. The minimum Gasteiger partial charge on any atom is -0.392 e. The van der Waals surface area contributed by atoms with Crippen LogP contribution in [0.25, 0.3) is 0 Å². The highest BCUT2D eigenvalue weighted by Crippen LogP contribution is 1.91. The molecule has 0 aromatic heterocycles. The second kappa shape index (κ2) is 4.66. The lowest BCUT2D eigenvalue weighted by Crippen LogP contribution is -2.47. The Balaban J connectivity index is 2.05. The first kappa shape index (κ1) is 8.93. The van der Waals surface area contributed by atoms with Gasteiger partial charge in [-0.05, 0) is 6.92 Å². The zero-order chi connectivity index (χ0) is 8.10. The number of nitrogens with one attached hydrogen (secondary N) is 1.